The van der Waals surface area contributed by atoms with Gasteiger partial charge in [-0.25, -0.2) is 0 Å². The summed E-state index contributed by atoms with van der Waals surface area (Å²) >= 11 is 0. The molecule has 2 aliphatic heterocycles. The maximum Gasteiger partial charge on any atom is 0.0921 e. The molecule has 0 amide bonds. The number of nitrogens with zero attached hydrogens (tertiary/aromatic N) is 1. The lowest BCUT2D eigenvalue weighted by Gasteiger charge is -2.37. The van der Waals surface area contributed by atoms with Crippen LogP contribution >= 0.6 is 0 Å². The number of ether oxygens (including phenoxy) is 1. The lowest BCUT2D eigenvalue weighted by molar-refractivity contribution is -0.0522. The minimum Gasteiger partial charge on any atom is -0.388 e. The number of nitrogens with two attached hydrogens (primary N) is 1. The molecule has 2 saturated heterocycles. The van der Waals surface area contributed by atoms with Gasteiger partial charge >= 0.3 is 0 Å². The van der Waals surface area contributed by atoms with E-state index < -0.39 is 0 Å². The monoisotopic (exact) mass is 211 g/mol. The molecule has 4 heteroatoms. The van der Waals surface area contributed by atoms with Gasteiger partial charge in [-0.15, -0.1) is 0 Å². The van der Waals surface area contributed by atoms with Crippen molar-refractivity contribution in [2.24, 2.45) is 5.73 Å². The van der Waals surface area contributed by atoms with Crippen molar-refractivity contribution in [2.45, 2.75) is 50.9 Å². The smallest absolute Gasteiger partial charge is 0.0921 e. The van der Waals surface area contributed by atoms with E-state index in [9.17, 15) is 0 Å². The molecule has 86 valence electrons. The van der Waals surface area contributed by atoms with Crippen molar-refractivity contribution in [1.82, 2.24) is 4.90 Å². The van der Waals surface area contributed by atoms with Crippen LogP contribution in [-0.2, 0) is 4.74 Å². The Morgan fingerprint density at radius 3 is 2.53 bits per heavy atom. The molecular weight excluding hydrogens is 190 g/mol. The van der Waals surface area contributed by atoms with E-state index >= 15 is 0 Å². The van der Waals surface area contributed by atoms with E-state index in [0.29, 0.717) is 30.5 Å². The average Bonchev–Trinajstić information content (AvgIpc) is 2.54. The zero-order valence-corrected chi connectivity index (χ0v) is 9.41. The molecule has 2 fully saturated rings. The second-order valence-electron chi connectivity index (χ2n) is 4.70. The van der Waals surface area contributed by atoms with Crippen molar-refractivity contribution in [3.8, 4) is 0 Å². The van der Waals surface area contributed by atoms with E-state index in [-0.39, 0.29) is 0 Å². The van der Waals surface area contributed by atoms with Gasteiger partial charge in [0.25, 0.3) is 0 Å². The second kappa shape index (κ2) is 4.49. The SMILES string of the molecule is CCC(CC(=N)N)N1CC2CCC(C1)O2. The zero-order chi connectivity index (χ0) is 10.8. The molecule has 0 radical (unpaired) electrons. The van der Waals surface area contributed by atoms with Gasteiger partial charge < -0.3 is 10.5 Å². The standard InChI is InChI=1S/C11H21N3O/c1-2-8(5-11(12)13)14-6-9-3-4-10(7-14)15-9/h8-10H,2-7H2,1H3,(H3,12,13). The summed E-state index contributed by atoms with van der Waals surface area (Å²) in [5.41, 5.74) is 5.49. The summed E-state index contributed by atoms with van der Waals surface area (Å²) in [7, 11) is 0. The van der Waals surface area contributed by atoms with Gasteiger partial charge in [0.2, 0.25) is 0 Å². The summed E-state index contributed by atoms with van der Waals surface area (Å²) in [5, 5.41) is 7.38. The number of hydrogen-bond donors (Lipinski definition) is 2. The Morgan fingerprint density at radius 1 is 1.47 bits per heavy atom. The van der Waals surface area contributed by atoms with E-state index in [1.54, 1.807) is 0 Å². The molecule has 2 rings (SSSR count). The highest BCUT2D eigenvalue weighted by molar-refractivity contribution is 5.77. The molecule has 3 unspecified atom stereocenters. The van der Waals surface area contributed by atoms with Crippen molar-refractivity contribution >= 4 is 5.84 Å². The lowest BCUT2D eigenvalue weighted by atomic mass is 10.1. The fourth-order valence-corrected chi connectivity index (χ4v) is 2.73. The van der Waals surface area contributed by atoms with Crippen molar-refractivity contribution < 1.29 is 4.74 Å². The van der Waals surface area contributed by atoms with E-state index in [4.69, 9.17) is 15.9 Å². The van der Waals surface area contributed by atoms with Gasteiger partial charge in [0.05, 0.1) is 18.0 Å². The Kier molecular flexibility index (Phi) is 3.26. The van der Waals surface area contributed by atoms with E-state index in [2.05, 4.69) is 11.8 Å². The van der Waals surface area contributed by atoms with Crippen LogP contribution < -0.4 is 5.73 Å². The molecule has 0 spiro atoms. The summed E-state index contributed by atoms with van der Waals surface area (Å²) in [6.45, 7) is 4.23. The van der Waals surface area contributed by atoms with Crippen LogP contribution in [0.5, 0.6) is 0 Å². The van der Waals surface area contributed by atoms with Gasteiger partial charge in [-0.1, -0.05) is 6.92 Å². The first kappa shape index (κ1) is 10.9. The molecule has 15 heavy (non-hydrogen) atoms. The van der Waals surface area contributed by atoms with Gasteiger partial charge in [0.15, 0.2) is 0 Å². The highest BCUT2D eigenvalue weighted by Crippen LogP contribution is 2.28. The molecule has 0 aromatic carbocycles. The maximum atomic E-state index is 7.38. The van der Waals surface area contributed by atoms with Crippen LogP contribution in [0.25, 0.3) is 0 Å². The zero-order valence-electron chi connectivity index (χ0n) is 9.41. The minimum atomic E-state index is 0.306. The number of fused-ring (bicyclic) bond motifs is 2. The predicted octanol–water partition coefficient (Wildman–Crippen LogP) is 0.954. The van der Waals surface area contributed by atoms with Gasteiger partial charge in [0, 0.05) is 25.6 Å². The first-order valence-electron chi connectivity index (χ1n) is 5.91. The highest BCUT2D eigenvalue weighted by atomic mass is 16.5. The summed E-state index contributed by atoms with van der Waals surface area (Å²) in [6.07, 6.45) is 5.05. The Morgan fingerprint density at radius 2 is 2.07 bits per heavy atom. The summed E-state index contributed by atoms with van der Waals surface area (Å²) in [4.78, 5) is 2.47. The van der Waals surface area contributed by atoms with Crippen molar-refractivity contribution in [3.63, 3.8) is 0 Å². The van der Waals surface area contributed by atoms with Crippen LogP contribution in [0.3, 0.4) is 0 Å². The van der Waals surface area contributed by atoms with Crippen LogP contribution in [0.1, 0.15) is 32.6 Å². The molecule has 0 aliphatic carbocycles. The average molecular weight is 211 g/mol. The first-order valence-corrected chi connectivity index (χ1v) is 5.91. The fraction of sp³-hybridized carbons (Fsp3) is 0.909. The fourth-order valence-electron chi connectivity index (χ4n) is 2.73. The Bertz CT molecular complexity index is 232. The van der Waals surface area contributed by atoms with Crippen molar-refractivity contribution in [2.75, 3.05) is 13.1 Å². The molecule has 3 N–H and O–H groups in total. The van der Waals surface area contributed by atoms with E-state index in [1.807, 2.05) is 0 Å². The number of likely N-dealkylation sites (tertiary alicyclic amines) is 1. The molecule has 0 aromatic heterocycles. The lowest BCUT2D eigenvalue weighted by Crippen LogP contribution is -2.48. The molecule has 2 aliphatic rings. The topological polar surface area (TPSA) is 62.3 Å². The Hall–Kier alpha value is -0.610. The van der Waals surface area contributed by atoms with Crippen molar-refractivity contribution in [1.29, 1.82) is 5.41 Å². The van der Waals surface area contributed by atoms with Crippen molar-refractivity contribution in [3.05, 3.63) is 0 Å². The minimum absolute atomic E-state index is 0.306. The Balaban J connectivity index is 1.93. The highest BCUT2D eigenvalue weighted by Gasteiger charge is 2.35. The second-order valence-corrected chi connectivity index (χ2v) is 4.70. The third-order valence-electron chi connectivity index (χ3n) is 3.51. The van der Waals surface area contributed by atoms with E-state index in [0.717, 1.165) is 19.5 Å². The van der Waals surface area contributed by atoms with Crippen LogP contribution in [-0.4, -0.2) is 42.1 Å². The molecule has 0 aromatic rings. The van der Waals surface area contributed by atoms with Gasteiger partial charge in [-0.05, 0) is 19.3 Å². The normalized spacial score (nSPS) is 32.9. The van der Waals surface area contributed by atoms with Gasteiger partial charge in [-0.2, -0.15) is 0 Å². The first-order chi connectivity index (χ1) is 7.19. The molecular formula is C11H21N3O. The number of morpholine rings is 1. The predicted molar refractivity (Wildman–Crippen MR) is 60.1 cm³/mol. The number of hydrogen-bond acceptors (Lipinski definition) is 3. The molecule has 2 bridgehead atoms. The molecule has 0 saturated carbocycles. The summed E-state index contributed by atoms with van der Waals surface area (Å²) in [6, 6.07) is 0.439. The molecule has 2 heterocycles. The number of rotatable bonds is 4. The van der Waals surface area contributed by atoms with Crippen LogP contribution in [0.2, 0.25) is 0 Å². The summed E-state index contributed by atoms with van der Waals surface area (Å²) < 4.78 is 5.80. The number of amidine groups is 1. The quantitative estimate of drug-likeness (QED) is 0.537. The largest absolute Gasteiger partial charge is 0.388 e. The number of nitrogens with one attached hydrogen (secondary N) is 1. The van der Waals surface area contributed by atoms with Crippen LogP contribution in [0, 0.1) is 5.41 Å². The molecule has 3 atom stereocenters. The van der Waals surface area contributed by atoms with Crippen LogP contribution in [0.15, 0.2) is 0 Å². The summed E-state index contributed by atoms with van der Waals surface area (Å²) in [5.74, 6) is 0.306. The Labute approximate surface area is 91.3 Å². The van der Waals surface area contributed by atoms with Gasteiger partial charge in [-0.3, -0.25) is 10.3 Å². The maximum absolute atomic E-state index is 7.38. The van der Waals surface area contributed by atoms with E-state index in [1.165, 1.54) is 12.8 Å². The van der Waals surface area contributed by atoms with Crippen LogP contribution in [0.4, 0.5) is 0 Å². The van der Waals surface area contributed by atoms with Gasteiger partial charge in [0.1, 0.15) is 0 Å². The third kappa shape index (κ3) is 2.49. The molecule has 4 nitrogen and oxygen atoms in total. The third-order valence-corrected chi connectivity index (χ3v) is 3.51.